The number of fused-ring (bicyclic) bond motifs is 3. The zero-order valence-electron chi connectivity index (χ0n) is 16.9. The second-order valence-electron chi connectivity index (χ2n) is 7.89. The van der Waals surface area contributed by atoms with Crippen molar-refractivity contribution in [3.05, 3.63) is 70.3 Å². The fourth-order valence-electron chi connectivity index (χ4n) is 4.47. The summed E-state index contributed by atoms with van der Waals surface area (Å²) in [5.74, 6) is 2.97. The molecule has 3 aromatic rings. The van der Waals surface area contributed by atoms with Crippen LogP contribution in [0.1, 0.15) is 54.4 Å². The molecule has 160 valence electrons. The summed E-state index contributed by atoms with van der Waals surface area (Å²) in [4.78, 5) is 0. The summed E-state index contributed by atoms with van der Waals surface area (Å²) in [6.45, 7) is 1.44. The molecule has 1 aromatic heterocycles. The van der Waals surface area contributed by atoms with Crippen LogP contribution in [0.3, 0.4) is 0 Å². The molecule has 0 atom stereocenters. The van der Waals surface area contributed by atoms with Crippen LogP contribution in [0.4, 0.5) is 0 Å². The highest BCUT2D eigenvalue weighted by molar-refractivity contribution is 6.30. The van der Waals surface area contributed by atoms with Crippen molar-refractivity contribution in [2.45, 2.75) is 50.8 Å². The van der Waals surface area contributed by atoms with E-state index in [1.807, 2.05) is 30.3 Å². The highest BCUT2D eigenvalue weighted by Gasteiger charge is 2.30. The molecular weight excluding hydrogens is 433 g/mol. The van der Waals surface area contributed by atoms with E-state index in [0.717, 1.165) is 60.2 Å². The van der Waals surface area contributed by atoms with E-state index in [2.05, 4.69) is 32.2 Å². The topological polar surface area (TPSA) is 75.8 Å². The number of nitriles is 1. The quantitative estimate of drug-likeness (QED) is 0.606. The minimum atomic E-state index is 0. The number of hydrogen-bond acceptors (Lipinski definition) is 5. The number of para-hydroxylation sites is 1. The molecule has 2 aliphatic rings. The molecule has 5 rings (SSSR count). The van der Waals surface area contributed by atoms with E-state index in [9.17, 15) is 5.26 Å². The van der Waals surface area contributed by atoms with Gasteiger partial charge in [0, 0.05) is 17.5 Å². The second-order valence-corrected chi connectivity index (χ2v) is 8.32. The molecule has 1 fully saturated rings. The minimum Gasteiger partial charge on any atom is -0.489 e. The first-order valence-corrected chi connectivity index (χ1v) is 10.7. The van der Waals surface area contributed by atoms with Crippen molar-refractivity contribution in [2.75, 3.05) is 0 Å². The van der Waals surface area contributed by atoms with Gasteiger partial charge < -0.3 is 10.1 Å². The van der Waals surface area contributed by atoms with Crippen LogP contribution in [0.2, 0.25) is 5.02 Å². The standard InChI is InChI=1S/C23H22ClN5O.ClH/c24-18-7-10-20-17(11-18)13-26-14-22-27-28-23(29(20)22)15-5-8-19(9-6-15)30-21-4-2-1-3-16(21)12-25;/h1-4,7,10-11,15,19,26H,5-6,8-9,13-14H2;1H/t15-,19-;. The van der Waals surface area contributed by atoms with Gasteiger partial charge in [0.05, 0.1) is 23.9 Å². The van der Waals surface area contributed by atoms with Crippen LogP contribution in [0.5, 0.6) is 5.75 Å². The first kappa shape index (κ1) is 21.6. The fraction of sp³-hybridized carbons (Fsp3) is 0.348. The predicted octanol–water partition coefficient (Wildman–Crippen LogP) is 4.92. The molecule has 2 aromatic carbocycles. The van der Waals surface area contributed by atoms with Gasteiger partial charge in [-0.15, -0.1) is 22.6 Å². The average molecular weight is 456 g/mol. The van der Waals surface area contributed by atoms with Gasteiger partial charge in [0.25, 0.3) is 0 Å². The lowest BCUT2D eigenvalue weighted by molar-refractivity contribution is 0.144. The number of rotatable bonds is 3. The van der Waals surface area contributed by atoms with Crippen molar-refractivity contribution in [1.29, 1.82) is 5.26 Å². The third kappa shape index (κ3) is 4.27. The number of aromatic nitrogens is 3. The number of ether oxygens (including phenoxy) is 1. The molecule has 0 bridgehead atoms. The highest BCUT2D eigenvalue weighted by Crippen LogP contribution is 2.36. The Kier molecular flexibility index (Phi) is 6.47. The van der Waals surface area contributed by atoms with E-state index in [0.29, 0.717) is 23.8 Å². The van der Waals surface area contributed by atoms with Crippen molar-refractivity contribution >= 4 is 24.0 Å². The van der Waals surface area contributed by atoms with Gasteiger partial charge >= 0.3 is 0 Å². The number of nitrogens with one attached hydrogen (secondary N) is 1. The van der Waals surface area contributed by atoms with Gasteiger partial charge in [-0.25, -0.2) is 0 Å². The highest BCUT2D eigenvalue weighted by atomic mass is 35.5. The number of benzene rings is 2. The van der Waals surface area contributed by atoms with Crippen molar-refractivity contribution in [3.8, 4) is 17.5 Å². The average Bonchev–Trinajstić information content (AvgIpc) is 3.10. The molecular formula is C23H23Cl2N5O. The van der Waals surface area contributed by atoms with Crippen LogP contribution in [-0.4, -0.2) is 20.9 Å². The van der Waals surface area contributed by atoms with Crippen LogP contribution in [0.15, 0.2) is 42.5 Å². The summed E-state index contributed by atoms with van der Waals surface area (Å²) in [5, 5.41) is 22.5. The third-order valence-corrected chi connectivity index (χ3v) is 6.21. The SMILES string of the molecule is Cl.N#Cc1ccccc1O[C@H]1CC[C@H](c2nnc3n2-c2ccc(Cl)cc2CNC3)CC1. The number of nitrogens with zero attached hydrogens (tertiary/aromatic N) is 4. The van der Waals surface area contributed by atoms with Crippen molar-refractivity contribution in [1.82, 2.24) is 20.1 Å². The van der Waals surface area contributed by atoms with Gasteiger partial charge in [-0.3, -0.25) is 4.57 Å². The Hall–Kier alpha value is -2.59. The maximum atomic E-state index is 9.29. The Bertz CT molecular complexity index is 1120. The van der Waals surface area contributed by atoms with E-state index in [-0.39, 0.29) is 18.5 Å². The molecule has 0 radical (unpaired) electrons. The molecule has 1 saturated carbocycles. The van der Waals surface area contributed by atoms with Gasteiger partial charge in [-0.1, -0.05) is 23.7 Å². The first-order chi connectivity index (χ1) is 14.7. The number of halogens is 2. The fourth-order valence-corrected chi connectivity index (χ4v) is 4.67. The first-order valence-electron chi connectivity index (χ1n) is 10.3. The summed E-state index contributed by atoms with van der Waals surface area (Å²) >= 11 is 6.22. The normalized spacial score (nSPS) is 19.9. The van der Waals surface area contributed by atoms with E-state index < -0.39 is 0 Å². The summed E-state index contributed by atoms with van der Waals surface area (Å²) in [6, 6.07) is 15.7. The molecule has 1 N–H and O–H groups in total. The second kappa shape index (κ2) is 9.27. The van der Waals surface area contributed by atoms with Gasteiger partial charge in [-0.05, 0) is 61.6 Å². The summed E-state index contributed by atoms with van der Waals surface area (Å²) < 4.78 is 8.37. The largest absolute Gasteiger partial charge is 0.489 e. The van der Waals surface area contributed by atoms with Gasteiger partial charge in [-0.2, -0.15) is 5.26 Å². The van der Waals surface area contributed by atoms with Crippen LogP contribution in [-0.2, 0) is 13.1 Å². The molecule has 1 aliphatic heterocycles. The van der Waals surface area contributed by atoms with E-state index in [1.165, 1.54) is 0 Å². The van der Waals surface area contributed by atoms with Crippen LogP contribution in [0, 0.1) is 11.3 Å². The lowest BCUT2D eigenvalue weighted by atomic mass is 9.86. The molecule has 6 nitrogen and oxygen atoms in total. The van der Waals surface area contributed by atoms with Crippen molar-refractivity contribution in [3.63, 3.8) is 0 Å². The Morgan fingerprint density at radius 2 is 1.87 bits per heavy atom. The molecule has 1 aliphatic carbocycles. The lowest BCUT2D eigenvalue weighted by Gasteiger charge is -2.29. The van der Waals surface area contributed by atoms with E-state index in [1.54, 1.807) is 6.07 Å². The molecule has 31 heavy (non-hydrogen) atoms. The molecule has 0 saturated heterocycles. The van der Waals surface area contributed by atoms with Crippen molar-refractivity contribution in [2.24, 2.45) is 0 Å². The zero-order chi connectivity index (χ0) is 20.5. The molecule has 2 heterocycles. The molecule has 0 amide bonds. The smallest absolute Gasteiger partial charge is 0.151 e. The van der Waals surface area contributed by atoms with Gasteiger partial charge in [0.2, 0.25) is 0 Å². The van der Waals surface area contributed by atoms with Crippen LogP contribution in [0.25, 0.3) is 5.69 Å². The molecule has 8 heteroatoms. The molecule has 0 unspecified atom stereocenters. The Balaban J connectivity index is 0.00000231. The van der Waals surface area contributed by atoms with Gasteiger partial charge in [0.1, 0.15) is 17.6 Å². The maximum absolute atomic E-state index is 9.29. The monoisotopic (exact) mass is 455 g/mol. The third-order valence-electron chi connectivity index (χ3n) is 5.98. The summed E-state index contributed by atoms with van der Waals surface area (Å²) in [6.07, 6.45) is 3.94. The molecule has 0 spiro atoms. The maximum Gasteiger partial charge on any atom is 0.151 e. The van der Waals surface area contributed by atoms with Crippen molar-refractivity contribution < 1.29 is 4.74 Å². The minimum absolute atomic E-state index is 0. The predicted molar refractivity (Wildman–Crippen MR) is 121 cm³/mol. The summed E-state index contributed by atoms with van der Waals surface area (Å²) in [5.41, 5.74) is 2.86. The Labute approximate surface area is 192 Å². The Morgan fingerprint density at radius 1 is 1.06 bits per heavy atom. The van der Waals surface area contributed by atoms with Gasteiger partial charge in [0.15, 0.2) is 5.82 Å². The van der Waals surface area contributed by atoms with E-state index in [4.69, 9.17) is 16.3 Å². The zero-order valence-corrected chi connectivity index (χ0v) is 18.5. The van der Waals surface area contributed by atoms with E-state index >= 15 is 0 Å². The summed E-state index contributed by atoms with van der Waals surface area (Å²) in [7, 11) is 0. The Morgan fingerprint density at radius 3 is 2.68 bits per heavy atom. The number of hydrogen-bond donors (Lipinski definition) is 1. The van der Waals surface area contributed by atoms with Crippen LogP contribution < -0.4 is 10.1 Å². The lowest BCUT2D eigenvalue weighted by Crippen LogP contribution is -2.25. The van der Waals surface area contributed by atoms with Crippen LogP contribution >= 0.6 is 24.0 Å².